The molecule has 0 amide bonds. The van der Waals surface area contributed by atoms with E-state index in [1.807, 2.05) is 0 Å². The van der Waals surface area contributed by atoms with E-state index in [2.05, 4.69) is 25.2 Å². The summed E-state index contributed by atoms with van der Waals surface area (Å²) < 4.78 is 1.01. The van der Waals surface area contributed by atoms with E-state index in [1.54, 1.807) is 0 Å². The van der Waals surface area contributed by atoms with Crippen LogP contribution in [0.15, 0.2) is 4.99 Å². The van der Waals surface area contributed by atoms with Crippen molar-refractivity contribution in [3.05, 3.63) is 0 Å². The minimum atomic E-state index is 0.311. The number of aliphatic hydroxyl groups excluding tert-OH is 1. The molecule has 1 heterocycles. The van der Waals surface area contributed by atoms with Crippen molar-refractivity contribution < 1.29 is 9.59 Å². The highest BCUT2D eigenvalue weighted by atomic mass is 16.2. The molecule has 0 spiro atoms. The van der Waals surface area contributed by atoms with Gasteiger partial charge in [0, 0.05) is 13.0 Å². The Morgan fingerprint density at radius 1 is 1.62 bits per heavy atom. The fraction of sp³-hybridized carbons (Fsp3) is 0.900. The second-order valence-electron chi connectivity index (χ2n) is 3.88. The summed E-state index contributed by atoms with van der Waals surface area (Å²) in [5.41, 5.74) is 0. The van der Waals surface area contributed by atoms with E-state index in [-0.39, 0.29) is 0 Å². The van der Waals surface area contributed by atoms with E-state index in [9.17, 15) is 0 Å². The lowest BCUT2D eigenvalue weighted by atomic mass is 10.1. The third-order valence-corrected chi connectivity index (χ3v) is 3.20. The van der Waals surface area contributed by atoms with Crippen molar-refractivity contribution >= 4 is 6.34 Å². The minimum Gasteiger partial charge on any atom is -0.396 e. The molecule has 0 radical (unpaired) electrons. The van der Waals surface area contributed by atoms with Gasteiger partial charge in [0.2, 0.25) is 0 Å². The maximum Gasteiger partial charge on any atom is 0.185 e. The summed E-state index contributed by atoms with van der Waals surface area (Å²) >= 11 is 0. The number of hydrogen-bond acceptors (Lipinski definition) is 2. The lowest BCUT2D eigenvalue weighted by molar-refractivity contribution is -0.851. The van der Waals surface area contributed by atoms with E-state index in [1.165, 1.54) is 0 Å². The second kappa shape index (κ2) is 4.72. The molecule has 1 aliphatic heterocycles. The number of hydrogen-bond donors (Lipinski definition) is 1. The summed E-state index contributed by atoms with van der Waals surface area (Å²) in [5.74, 6) is 0. The van der Waals surface area contributed by atoms with Gasteiger partial charge in [-0.05, 0) is 20.3 Å². The number of rotatable bonds is 5. The normalized spacial score (nSPS) is 29.5. The van der Waals surface area contributed by atoms with E-state index in [4.69, 9.17) is 5.11 Å². The number of aliphatic imine (C=N–C) groups is 1. The Labute approximate surface area is 80.7 Å². The fourth-order valence-electron chi connectivity index (χ4n) is 2.05. The van der Waals surface area contributed by atoms with E-state index in [0.717, 1.165) is 37.0 Å². The van der Waals surface area contributed by atoms with E-state index < -0.39 is 0 Å². The third-order valence-electron chi connectivity index (χ3n) is 3.20. The molecular weight excluding hydrogens is 164 g/mol. The van der Waals surface area contributed by atoms with Crippen LogP contribution >= 0.6 is 0 Å². The van der Waals surface area contributed by atoms with Gasteiger partial charge in [0.1, 0.15) is 6.54 Å². The molecule has 0 aromatic heterocycles. The first-order valence-electron chi connectivity index (χ1n) is 5.23. The molecule has 1 aliphatic rings. The highest BCUT2D eigenvalue weighted by Gasteiger charge is 2.32. The van der Waals surface area contributed by atoms with Crippen molar-refractivity contribution in [3.8, 4) is 0 Å². The van der Waals surface area contributed by atoms with Crippen molar-refractivity contribution in [2.45, 2.75) is 32.7 Å². The zero-order valence-electron chi connectivity index (χ0n) is 8.74. The Morgan fingerprint density at radius 2 is 2.38 bits per heavy atom. The molecule has 0 bridgehead atoms. The maximum atomic E-state index is 8.77. The molecule has 0 aromatic carbocycles. The van der Waals surface area contributed by atoms with Gasteiger partial charge < -0.3 is 5.11 Å². The molecule has 0 aliphatic carbocycles. The van der Waals surface area contributed by atoms with Crippen molar-refractivity contribution in [2.24, 2.45) is 4.99 Å². The number of aliphatic hydroxyl groups is 1. The van der Waals surface area contributed by atoms with Gasteiger partial charge in [0.15, 0.2) is 6.34 Å². The zero-order chi connectivity index (χ0) is 9.73. The molecule has 13 heavy (non-hydrogen) atoms. The topological polar surface area (TPSA) is 32.6 Å². The van der Waals surface area contributed by atoms with Gasteiger partial charge in [-0.2, -0.15) is 0 Å². The summed E-state index contributed by atoms with van der Waals surface area (Å²) in [7, 11) is 0. The molecule has 3 heteroatoms. The van der Waals surface area contributed by atoms with Gasteiger partial charge in [-0.3, -0.25) is 4.48 Å². The van der Waals surface area contributed by atoms with Crippen LogP contribution in [-0.2, 0) is 0 Å². The number of nitrogens with zero attached hydrogens (tertiary/aromatic N) is 2. The van der Waals surface area contributed by atoms with Crippen LogP contribution in [0.25, 0.3) is 0 Å². The Balaban J connectivity index is 2.50. The first-order chi connectivity index (χ1) is 6.25. The monoisotopic (exact) mass is 185 g/mol. The highest BCUT2D eigenvalue weighted by molar-refractivity contribution is 5.48. The number of likely N-dealkylation sites (N-methyl/N-ethyl adjacent to an activating group) is 1. The SMILES string of the molecule is CC[N+]1(C(C)CCCO)C=NCC1. The predicted octanol–water partition coefficient (Wildman–Crippen LogP) is 1.03. The molecule has 1 N–H and O–H groups in total. The average Bonchev–Trinajstić information content (AvgIpc) is 2.63. The van der Waals surface area contributed by atoms with Gasteiger partial charge >= 0.3 is 0 Å². The quantitative estimate of drug-likeness (QED) is 0.637. The first kappa shape index (κ1) is 10.7. The van der Waals surface area contributed by atoms with Gasteiger partial charge in [-0.1, -0.05) is 0 Å². The molecular formula is C10H21N2O+. The number of quaternary nitrogens is 1. The van der Waals surface area contributed by atoms with Crippen LogP contribution in [0.4, 0.5) is 0 Å². The van der Waals surface area contributed by atoms with Crippen LogP contribution in [0.5, 0.6) is 0 Å². The zero-order valence-corrected chi connectivity index (χ0v) is 8.74. The molecule has 0 saturated heterocycles. The molecule has 0 aromatic rings. The lowest BCUT2D eigenvalue weighted by Crippen LogP contribution is -2.51. The first-order valence-corrected chi connectivity index (χ1v) is 5.23. The van der Waals surface area contributed by atoms with Crippen LogP contribution in [-0.4, -0.2) is 48.2 Å². The van der Waals surface area contributed by atoms with Crippen LogP contribution in [0, 0.1) is 0 Å². The molecule has 3 nitrogen and oxygen atoms in total. The molecule has 0 fully saturated rings. The largest absolute Gasteiger partial charge is 0.396 e. The van der Waals surface area contributed by atoms with Crippen molar-refractivity contribution in [3.63, 3.8) is 0 Å². The van der Waals surface area contributed by atoms with Crippen LogP contribution < -0.4 is 0 Å². The van der Waals surface area contributed by atoms with Gasteiger partial charge in [0.05, 0.1) is 19.1 Å². The van der Waals surface area contributed by atoms with Crippen LogP contribution in [0.3, 0.4) is 0 Å². The molecule has 0 saturated carbocycles. The molecule has 76 valence electrons. The van der Waals surface area contributed by atoms with Gasteiger partial charge in [0.25, 0.3) is 0 Å². The standard InChI is InChI=1S/C10H21N2O/c1-3-12(7-6-11-9-12)10(2)5-4-8-13/h9-10,13H,3-8H2,1-2H3/q+1. The Hall–Kier alpha value is -0.410. The fourth-order valence-corrected chi connectivity index (χ4v) is 2.05. The Morgan fingerprint density at radius 3 is 2.85 bits per heavy atom. The molecule has 2 atom stereocenters. The third kappa shape index (κ3) is 2.29. The molecule has 1 rings (SSSR count). The van der Waals surface area contributed by atoms with Crippen LogP contribution in [0.2, 0.25) is 0 Å². The van der Waals surface area contributed by atoms with E-state index >= 15 is 0 Å². The summed E-state index contributed by atoms with van der Waals surface area (Å²) in [6.45, 7) is 8.02. The Kier molecular flexibility index (Phi) is 3.88. The summed E-state index contributed by atoms with van der Waals surface area (Å²) in [6, 6.07) is 0.600. The van der Waals surface area contributed by atoms with E-state index in [0.29, 0.717) is 12.6 Å². The second-order valence-corrected chi connectivity index (χ2v) is 3.88. The summed E-state index contributed by atoms with van der Waals surface area (Å²) in [5, 5.41) is 8.77. The van der Waals surface area contributed by atoms with Crippen molar-refractivity contribution in [2.75, 3.05) is 26.2 Å². The van der Waals surface area contributed by atoms with Crippen molar-refractivity contribution in [1.82, 2.24) is 0 Å². The Bertz CT molecular complexity index is 182. The van der Waals surface area contributed by atoms with Gasteiger partial charge in [-0.25, -0.2) is 4.99 Å². The average molecular weight is 185 g/mol. The smallest absolute Gasteiger partial charge is 0.185 e. The minimum absolute atomic E-state index is 0.311. The maximum absolute atomic E-state index is 8.77. The molecule has 2 unspecified atom stereocenters. The summed E-state index contributed by atoms with van der Waals surface area (Å²) in [4.78, 5) is 4.32. The van der Waals surface area contributed by atoms with Crippen molar-refractivity contribution in [1.29, 1.82) is 0 Å². The van der Waals surface area contributed by atoms with Crippen LogP contribution in [0.1, 0.15) is 26.7 Å². The predicted molar refractivity (Wildman–Crippen MR) is 54.8 cm³/mol. The van der Waals surface area contributed by atoms with Gasteiger partial charge in [-0.15, -0.1) is 0 Å². The summed E-state index contributed by atoms with van der Waals surface area (Å²) in [6.07, 6.45) is 4.10. The highest BCUT2D eigenvalue weighted by Crippen LogP contribution is 2.18. The lowest BCUT2D eigenvalue weighted by Gasteiger charge is -2.35.